The second kappa shape index (κ2) is 19.1. The highest BCUT2D eigenvalue weighted by Crippen LogP contribution is 2.67. The number of benzene rings is 3. The summed E-state index contributed by atoms with van der Waals surface area (Å²) < 4.78 is 72.3. The molecule has 6 atom stereocenters. The molecule has 29 nitrogen and oxygen atoms in total. The predicted molar refractivity (Wildman–Crippen MR) is 241 cm³/mol. The largest absolute Gasteiger partial charge is 0.503 e. The highest BCUT2D eigenvalue weighted by Gasteiger charge is 2.56. The van der Waals surface area contributed by atoms with Crippen molar-refractivity contribution in [1.29, 1.82) is 0 Å². The number of phenols is 2. The van der Waals surface area contributed by atoms with Gasteiger partial charge in [0.05, 0.1) is 43.8 Å². The lowest BCUT2D eigenvalue weighted by atomic mass is 9.77. The first-order chi connectivity index (χ1) is 33.3. The van der Waals surface area contributed by atoms with Crippen molar-refractivity contribution >= 4 is 92.5 Å². The number of hydrogen-bond acceptors (Lipinski definition) is 22. The van der Waals surface area contributed by atoms with E-state index in [1.807, 2.05) is 0 Å². The average Bonchev–Trinajstić information content (AvgIpc) is 3.94. The molecule has 12 N–H and O–H groups in total. The number of H-pyrrole nitrogens is 1. The molecule has 1 spiro atoms. The van der Waals surface area contributed by atoms with Crippen LogP contribution in [0.15, 0.2) is 41.5 Å². The number of nitrogens with one attached hydrogen (secondary N) is 3. The molecule has 1 fully saturated rings. The highest BCUT2D eigenvalue weighted by atomic mass is 35.5. The molecule has 0 radical (unpaired) electrons. The van der Waals surface area contributed by atoms with E-state index in [4.69, 9.17) is 61.9 Å². The van der Waals surface area contributed by atoms with Crippen molar-refractivity contribution in [2.45, 2.75) is 30.1 Å². The molecule has 380 valence electrons. The number of hydrogen-bond donors (Lipinski definition) is 11. The number of nitrogen functional groups attached to an aromatic ring is 1. The van der Waals surface area contributed by atoms with Gasteiger partial charge in [-0.05, 0) is 42.1 Å². The van der Waals surface area contributed by atoms with Crippen LogP contribution in [-0.4, -0.2) is 125 Å². The summed E-state index contributed by atoms with van der Waals surface area (Å²) in [6.07, 6.45) is -7.44. The van der Waals surface area contributed by atoms with Crippen LogP contribution in [0.4, 0.5) is 10.7 Å². The van der Waals surface area contributed by atoms with Gasteiger partial charge >= 0.3 is 34.4 Å². The number of carbonyl (C=O) groups is 3. The maximum Gasteiger partial charge on any atom is 0.488 e. The monoisotopic (exact) mass is 1110 g/mol. The van der Waals surface area contributed by atoms with Gasteiger partial charge in [-0.25, -0.2) is 28.0 Å². The average molecular weight is 1110 g/mol. The van der Waals surface area contributed by atoms with Crippen LogP contribution in [0.2, 0.25) is 10.0 Å². The Morgan fingerprint density at radius 2 is 1.56 bits per heavy atom. The normalized spacial score (nSPS) is 20.4. The Balaban J connectivity index is 0.999. The number of amides is 2. The number of fused-ring (bicyclic) bond motifs is 7. The number of phosphoric acid groups is 2. The Morgan fingerprint density at radius 1 is 0.944 bits per heavy atom. The van der Waals surface area contributed by atoms with Crippen molar-refractivity contribution < 1.29 is 100.0 Å². The van der Waals surface area contributed by atoms with Gasteiger partial charge < -0.3 is 79.7 Å². The number of ether oxygens (including phenoxy) is 6. The summed E-state index contributed by atoms with van der Waals surface area (Å²) in [5.41, 5.74) is 2.36. The van der Waals surface area contributed by atoms with Crippen molar-refractivity contribution in [1.82, 2.24) is 30.2 Å². The first kappa shape index (κ1) is 51.7. The molecule has 5 aromatic rings. The smallest absolute Gasteiger partial charge is 0.488 e. The summed E-state index contributed by atoms with van der Waals surface area (Å²) in [5.74, 6) is -3.90. The van der Waals surface area contributed by atoms with Gasteiger partial charge in [0.2, 0.25) is 5.95 Å². The summed E-state index contributed by atoms with van der Waals surface area (Å²) >= 11 is 17.2. The Morgan fingerprint density at radius 3 is 2.17 bits per heavy atom. The molecule has 71 heavy (non-hydrogen) atoms. The van der Waals surface area contributed by atoms with E-state index in [0.717, 1.165) is 10.9 Å². The molecule has 5 heterocycles. The summed E-state index contributed by atoms with van der Waals surface area (Å²) in [7, 11) is -8.97. The minimum Gasteiger partial charge on any atom is -0.503 e. The summed E-state index contributed by atoms with van der Waals surface area (Å²) in [6, 6.07) is 6.51. The molecular weight excluding hydrogens is 1080 g/mol. The van der Waals surface area contributed by atoms with Gasteiger partial charge in [-0.2, -0.15) is 9.29 Å². The van der Waals surface area contributed by atoms with Crippen LogP contribution in [0.1, 0.15) is 43.6 Å². The summed E-state index contributed by atoms with van der Waals surface area (Å²) in [5, 5.41) is 37.1. The molecule has 35 heteroatoms. The van der Waals surface area contributed by atoms with Crippen LogP contribution in [-0.2, 0) is 53.9 Å². The number of nitrogens with two attached hydrogens (primary N) is 1. The fourth-order valence-electron chi connectivity index (χ4n) is 7.72. The zero-order valence-corrected chi connectivity index (χ0v) is 40.6. The van der Waals surface area contributed by atoms with Crippen LogP contribution < -0.4 is 36.1 Å². The first-order valence-corrected chi connectivity index (χ1v) is 26.0. The Hall–Kier alpha value is -5.65. The SMILES string of the molecule is COc1cc2c(c(Cl)c1O)Oc1c(cc(OC)c(O)c1Cl)C21OC(=O)c2ccc(C(=O)NCCNC(=O)O[C@H]3[C@@H](O)[C@H](n4cnc5c(=O)[nH]c(N)nc54)O[C@@H]3COP(=O)(O)OP(=O)(O)OP(O)(O)=S)cc21. The van der Waals surface area contributed by atoms with E-state index in [1.54, 1.807) is 0 Å². The molecule has 0 aliphatic carbocycles. The standard InChI is InChI=1S/C36H34Cl2N7O22P3S/c1-59-17-8-15-26(20(37)23(17)46)63-27-16(9-18(60-2)24(47)21(27)38)36(15)14-7-12(3-4-13(14)33(51)65-36)30(49)40-5-6-41-35(52)64-28-19(10-61-68(53,54)66-69(55,56)67-70(57,58)71)62-32(25(28)48)45-11-42-22-29(45)43-34(39)44-31(22)50/h3-4,7-9,11,19,25,28,32,46-48H,5-6,10H2,1-2H3,(H,40,49)(H,41,52)(H,53,54)(H,55,56)(H2,57,58,71)(H3,39,43,44,50)/t19-,25-,28-,32-/m1/s1. The third-order valence-electron chi connectivity index (χ3n) is 10.6. The molecule has 2 amide bonds. The van der Waals surface area contributed by atoms with Gasteiger partial charge in [-0.15, -0.1) is 0 Å². The number of aliphatic hydroxyl groups excluding tert-OH is 1. The van der Waals surface area contributed by atoms with Gasteiger partial charge in [0.15, 0.2) is 63.6 Å². The number of methoxy groups -OCH3 is 2. The van der Waals surface area contributed by atoms with Crippen molar-refractivity contribution in [2.75, 3.05) is 39.6 Å². The molecular formula is C36H34Cl2N7O22P3S. The molecule has 8 rings (SSSR count). The first-order valence-electron chi connectivity index (χ1n) is 19.6. The van der Waals surface area contributed by atoms with Crippen LogP contribution in [0.5, 0.6) is 34.5 Å². The minimum absolute atomic E-state index is 0.0172. The minimum atomic E-state index is -5.76. The molecule has 2 aromatic heterocycles. The number of rotatable bonds is 15. The van der Waals surface area contributed by atoms with Crippen molar-refractivity contribution in [3.8, 4) is 34.5 Å². The number of anilines is 1. The third-order valence-corrected chi connectivity index (χ3v) is 15.7. The molecule has 3 aliphatic heterocycles. The number of imidazole rings is 1. The highest BCUT2D eigenvalue weighted by molar-refractivity contribution is 8.08. The molecule has 2 unspecified atom stereocenters. The zero-order valence-electron chi connectivity index (χ0n) is 35.6. The lowest BCUT2D eigenvalue weighted by Gasteiger charge is -2.37. The van der Waals surface area contributed by atoms with Crippen LogP contribution in [0.25, 0.3) is 11.2 Å². The maximum atomic E-state index is 13.7. The number of halogens is 2. The van der Waals surface area contributed by atoms with Gasteiger partial charge in [0.1, 0.15) is 22.3 Å². The van der Waals surface area contributed by atoms with Gasteiger partial charge in [-0.1, -0.05) is 23.2 Å². The summed E-state index contributed by atoms with van der Waals surface area (Å²) in [4.78, 5) is 101. The van der Waals surface area contributed by atoms with Crippen molar-refractivity contribution in [3.05, 3.63) is 84.9 Å². The number of phosphoric ester groups is 1. The topological polar surface area (TPSA) is 424 Å². The van der Waals surface area contributed by atoms with Gasteiger partial charge in [-0.3, -0.25) is 23.7 Å². The van der Waals surface area contributed by atoms with Crippen molar-refractivity contribution in [2.24, 2.45) is 0 Å². The van der Waals surface area contributed by atoms with Crippen LogP contribution >= 0.6 is 45.6 Å². The number of aromatic nitrogens is 4. The van der Waals surface area contributed by atoms with E-state index in [-0.39, 0.29) is 91.1 Å². The van der Waals surface area contributed by atoms with E-state index in [0.29, 0.717) is 0 Å². The number of esters is 1. The quantitative estimate of drug-likeness (QED) is 0.0407. The Kier molecular flexibility index (Phi) is 13.9. The van der Waals surface area contributed by atoms with E-state index in [9.17, 15) is 63.2 Å². The number of alkyl carbamates (subject to hydrolysis) is 1. The predicted octanol–water partition coefficient (Wildman–Crippen LogP) is 2.25. The van der Waals surface area contributed by atoms with E-state index in [1.165, 1.54) is 44.6 Å². The van der Waals surface area contributed by atoms with Gasteiger partial charge in [0.25, 0.3) is 11.5 Å². The number of nitrogens with zero attached hydrogens (tertiary/aromatic N) is 3. The maximum absolute atomic E-state index is 13.7. The number of carbonyl (C=O) groups excluding carboxylic acids is 3. The fourth-order valence-corrected chi connectivity index (χ4v) is 12.0. The molecule has 0 saturated carbocycles. The lowest BCUT2D eigenvalue weighted by Crippen LogP contribution is -2.42. The lowest BCUT2D eigenvalue weighted by molar-refractivity contribution is -0.0508. The second-order valence-electron chi connectivity index (χ2n) is 14.9. The van der Waals surface area contributed by atoms with E-state index in [2.05, 4.69) is 46.0 Å². The molecule has 0 bridgehead atoms. The van der Waals surface area contributed by atoms with Crippen LogP contribution in [0, 0.1) is 0 Å². The third kappa shape index (κ3) is 9.73. The van der Waals surface area contributed by atoms with Crippen molar-refractivity contribution in [3.63, 3.8) is 0 Å². The second-order valence-corrected chi connectivity index (χ2v) is 21.5. The van der Waals surface area contributed by atoms with E-state index >= 15 is 0 Å². The number of aromatic hydroxyl groups is 2. The Bertz CT molecular complexity index is 3200. The van der Waals surface area contributed by atoms with Gasteiger partial charge in [0, 0.05) is 24.2 Å². The molecule has 3 aromatic carbocycles. The summed E-state index contributed by atoms with van der Waals surface area (Å²) in [6.45, 7) is -6.77. The Labute approximate surface area is 410 Å². The number of aliphatic hydroxyl groups is 1. The number of phenolic OH excluding ortho intramolecular Hbond substituents is 2. The zero-order chi connectivity index (χ0) is 51.7. The fraction of sp³-hybridized carbons (Fsp3) is 0.278. The molecule has 1 saturated heterocycles. The van der Waals surface area contributed by atoms with E-state index < -0.39 is 94.1 Å². The van der Waals surface area contributed by atoms with Crippen LogP contribution in [0.3, 0.4) is 0 Å². The number of aromatic amines is 1. The molecule has 3 aliphatic rings.